The molecule has 0 spiro atoms. The molecule has 2 atom stereocenters. The van der Waals surface area contributed by atoms with Gasteiger partial charge in [0, 0.05) is 32.4 Å². The van der Waals surface area contributed by atoms with Gasteiger partial charge in [0.25, 0.3) is 5.91 Å². The van der Waals surface area contributed by atoms with Gasteiger partial charge in [0.05, 0.1) is 21.6 Å². The van der Waals surface area contributed by atoms with E-state index in [4.69, 9.17) is 16.3 Å². The molecule has 14 heteroatoms. The quantitative estimate of drug-likeness (QED) is 0.392. The van der Waals surface area contributed by atoms with E-state index in [2.05, 4.69) is 41.3 Å². The highest BCUT2D eigenvalue weighted by molar-refractivity contribution is 9.10. The number of amides is 1. The molecule has 0 aliphatic carbocycles. The van der Waals surface area contributed by atoms with Crippen molar-refractivity contribution in [2.24, 2.45) is 0 Å². The van der Waals surface area contributed by atoms with Crippen LogP contribution in [0.3, 0.4) is 0 Å². The molecule has 1 amide bonds. The third kappa shape index (κ3) is 4.57. The Labute approximate surface area is 212 Å². The van der Waals surface area contributed by atoms with Crippen molar-refractivity contribution in [1.29, 1.82) is 0 Å². The van der Waals surface area contributed by atoms with Crippen LogP contribution in [0.5, 0.6) is 0 Å². The largest absolute Gasteiger partial charge is 0.477 e. The van der Waals surface area contributed by atoms with E-state index >= 15 is 0 Å². The highest BCUT2D eigenvalue weighted by Crippen LogP contribution is 2.34. The minimum Gasteiger partial charge on any atom is -0.477 e. The van der Waals surface area contributed by atoms with E-state index < -0.39 is 5.97 Å². The van der Waals surface area contributed by atoms with Crippen LogP contribution in [-0.2, 0) is 11.3 Å². The predicted octanol–water partition coefficient (Wildman–Crippen LogP) is 3.20. The maximum Gasteiger partial charge on any atom is 0.348 e. The number of nitrogens with one attached hydrogen (secondary N) is 2. The number of methoxy groups -OCH3 is 1. The summed E-state index contributed by atoms with van der Waals surface area (Å²) >= 11 is 10.7. The summed E-state index contributed by atoms with van der Waals surface area (Å²) in [5.74, 6) is -0.973. The third-order valence-electron chi connectivity index (χ3n) is 5.67. The van der Waals surface area contributed by atoms with Gasteiger partial charge >= 0.3 is 5.97 Å². The van der Waals surface area contributed by atoms with Gasteiger partial charge in [-0.25, -0.2) is 19.4 Å². The minimum atomic E-state index is -1.07. The summed E-state index contributed by atoms with van der Waals surface area (Å²) in [6.07, 6.45) is 1.62. The van der Waals surface area contributed by atoms with Gasteiger partial charge in [-0.1, -0.05) is 22.9 Å². The number of anilines is 1. The minimum absolute atomic E-state index is 0.101. The summed E-state index contributed by atoms with van der Waals surface area (Å²) in [6, 6.07) is -0.256. The summed E-state index contributed by atoms with van der Waals surface area (Å²) in [5.41, 5.74) is 1.35. The van der Waals surface area contributed by atoms with Crippen molar-refractivity contribution in [3.8, 4) is 11.5 Å². The number of halogens is 2. The zero-order chi connectivity index (χ0) is 24.6. The molecule has 4 rings (SSSR count). The van der Waals surface area contributed by atoms with Gasteiger partial charge in [0.2, 0.25) is 0 Å². The number of carboxylic acid groups (broad SMARTS) is 1. The first-order valence-corrected chi connectivity index (χ1v) is 12.5. The van der Waals surface area contributed by atoms with Crippen LogP contribution in [0.15, 0.2) is 10.8 Å². The number of thiazole rings is 1. The van der Waals surface area contributed by atoms with Crippen LogP contribution >= 0.6 is 38.9 Å². The number of H-pyrrole nitrogens is 1. The fraction of sp³-hybridized carbons (Fsp3) is 0.450. The average molecular weight is 573 g/mol. The van der Waals surface area contributed by atoms with Gasteiger partial charge < -0.3 is 25.0 Å². The van der Waals surface area contributed by atoms with Crippen molar-refractivity contribution >= 4 is 55.9 Å². The number of hydrogen-bond acceptors (Lipinski definition) is 8. The van der Waals surface area contributed by atoms with Crippen molar-refractivity contribution in [2.75, 3.05) is 25.1 Å². The van der Waals surface area contributed by atoms with E-state index in [0.29, 0.717) is 57.9 Å². The number of carboxylic acids is 1. The number of hydrogen-bond donors (Lipinski definition) is 3. The summed E-state index contributed by atoms with van der Waals surface area (Å²) < 4.78 is 7.94. The second-order valence-corrected chi connectivity index (χ2v) is 9.87. The lowest BCUT2D eigenvalue weighted by molar-refractivity contribution is 0.0540. The first kappa shape index (κ1) is 24.6. The molecule has 4 heterocycles. The highest BCUT2D eigenvalue weighted by Gasteiger charge is 2.34. The Morgan fingerprint density at radius 2 is 2.24 bits per heavy atom. The molecule has 3 aromatic heterocycles. The number of aromatic carboxylic acids is 1. The van der Waals surface area contributed by atoms with Crippen molar-refractivity contribution < 1.29 is 19.4 Å². The Morgan fingerprint density at radius 1 is 1.47 bits per heavy atom. The number of aromatic nitrogens is 5. The van der Waals surface area contributed by atoms with Crippen LogP contribution in [0.2, 0.25) is 5.02 Å². The Balaban J connectivity index is 1.53. The third-order valence-corrected chi connectivity index (χ3v) is 8.37. The van der Waals surface area contributed by atoms with Gasteiger partial charge in [-0.2, -0.15) is 5.10 Å². The van der Waals surface area contributed by atoms with E-state index in [1.54, 1.807) is 11.8 Å². The van der Waals surface area contributed by atoms with Crippen molar-refractivity contribution in [3.05, 3.63) is 32.1 Å². The van der Waals surface area contributed by atoms with Gasteiger partial charge in [0.15, 0.2) is 11.0 Å². The lowest BCUT2D eigenvalue weighted by Crippen LogP contribution is -2.55. The van der Waals surface area contributed by atoms with Crippen LogP contribution in [0.25, 0.3) is 11.5 Å². The number of nitrogens with zero attached hydrogens (tertiary/aromatic N) is 5. The molecule has 3 N–H and O–H groups in total. The summed E-state index contributed by atoms with van der Waals surface area (Å²) in [4.78, 5) is 38.6. The van der Waals surface area contributed by atoms with Gasteiger partial charge in [-0.05, 0) is 36.2 Å². The number of piperidine rings is 1. The second-order valence-electron chi connectivity index (χ2n) is 7.72. The molecule has 11 nitrogen and oxygen atoms in total. The number of carbonyl (C=O) groups excluding carboxylic acids is 1. The molecular formula is C20H23BrClN7O4S. The maximum absolute atomic E-state index is 12.8. The summed E-state index contributed by atoms with van der Waals surface area (Å²) in [5, 5.41) is 17.7. The molecule has 1 aliphatic heterocycles. The van der Waals surface area contributed by atoms with Crippen molar-refractivity contribution in [2.45, 2.75) is 39.0 Å². The van der Waals surface area contributed by atoms with Gasteiger partial charge in [-0.3, -0.25) is 4.79 Å². The molecule has 182 valence electrons. The van der Waals surface area contributed by atoms with Crippen molar-refractivity contribution in [1.82, 2.24) is 30.0 Å². The lowest BCUT2D eigenvalue weighted by atomic mass is 10.0. The fourth-order valence-corrected chi connectivity index (χ4v) is 5.39. The number of carbonyl (C=O) groups is 2. The number of rotatable bonds is 7. The fourth-order valence-electron chi connectivity index (χ4n) is 3.88. The average Bonchev–Trinajstić information content (AvgIpc) is 3.53. The molecule has 34 heavy (non-hydrogen) atoms. The first-order chi connectivity index (χ1) is 16.2. The second kappa shape index (κ2) is 10.0. The van der Waals surface area contributed by atoms with Crippen LogP contribution < -0.4 is 10.2 Å². The normalized spacial score (nSPS) is 18.3. The standard InChI is InChI=1S/C20H23BrClN7O4S/c1-4-29-17(23-8-24-29)15-16(19(31)32)34-20(27-15)28-6-5-10(11(7-28)33-3)26-18(30)14-13(22)12(21)9(2)25-14/h8,10-11,25H,4-7H2,1-3H3,(H,26,30)(H,31,32)/t10-,11+/m1/s1. The van der Waals surface area contributed by atoms with Crippen LogP contribution in [0.4, 0.5) is 5.13 Å². The summed E-state index contributed by atoms with van der Waals surface area (Å²) in [6.45, 7) is 5.24. The molecule has 0 radical (unpaired) electrons. The Morgan fingerprint density at radius 3 is 2.85 bits per heavy atom. The van der Waals surface area contributed by atoms with E-state index in [-0.39, 0.29) is 22.9 Å². The monoisotopic (exact) mass is 571 g/mol. The zero-order valence-corrected chi connectivity index (χ0v) is 21.8. The van der Waals surface area contributed by atoms with E-state index in [1.165, 1.54) is 6.33 Å². The van der Waals surface area contributed by atoms with E-state index in [9.17, 15) is 14.7 Å². The van der Waals surface area contributed by atoms with Crippen LogP contribution in [-0.4, -0.2) is 74.1 Å². The molecule has 0 bridgehead atoms. The topological polar surface area (TPSA) is 138 Å². The number of aryl methyl sites for hydroxylation is 2. The Bertz CT molecular complexity index is 1230. The van der Waals surface area contributed by atoms with Crippen LogP contribution in [0, 0.1) is 6.92 Å². The maximum atomic E-state index is 12.8. The first-order valence-electron chi connectivity index (χ1n) is 10.5. The van der Waals surface area contributed by atoms with Crippen molar-refractivity contribution in [3.63, 3.8) is 0 Å². The van der Waals surface area contributed by atoms with E-state index in [0.717, 1.165) is 17.0 Å². The number of aromatic amines is 1. The Hall–Kier alpha value is -2.48. The smallest absolute Gasteiger partial charge is 0.348 e. The van der Waals surface area contributed by atoms with Gasteiger partial charge in [0.1, 0.15) is 22.6 Å². The molecule has 1 saturated heterocycles. The molecular weight excluding hydrogens is 550 g/mol. The van der Waals surface area contributed by atoms with E-state index in [1.807, 2.05) is 18.7 Å². The SMILES string of the molecule is CCn1ncnc1-c1nc(N2CC[C@@H](NC(=O)c3[nH]c(C)c(Br)c3Cl)[C@@H](OC)C2)sc1C(=O)O. The lowest BCUT2D eigenvalue weighted by Gasteiger charge is -2.37. The number of ether oxygens (including phenoxy) is 1. The predicted molar refractivity (Wildman–Crippen MR) is 131 cm³/mol. The molecule has 0 aromatic carbocycles. The molecule has 0 unspecified atom stereocenters. The molecule has 1 fully saturated rings. The molecule has 3 aromatic rings. The summed E-state index contributed by atoms with van der Waals surface area (Å²) in [7, 11) is 1.58. The Kier molecular flexibility index (Phi) is 7.26. The molecule has 1 aliphatic rings. The van der Waals surface area contributed by atoms with Crippen LogP contribution in [0.1, 0.15) is 39.2 Å². The van der Waals surface area contributed by atoms with Gasteiger partial charge in [-0.15, -0.1) is 0 Å². The highest BCUT2D eigenvalue weighted by atomic mass is 79.9. The molecule has 0 saturated carbocycles. The zero-order valence-electron chi connectivity index (χ0n) is 18.6.